The first-order chi connectivity index (χ1) is 23.0. The third-order valence-corrected chi connectivity index (χ3v) is 9.22. The van der Waals surface area contributed by atoms with Crippen LogP contribution in [0.1, 0.15) is 45.2 Å². The molecule has 0 aliphatic carbocycles. The topological polar surface area (TPSA) is 286 Å². The highest BCUT2D eigenvalue weighted by molar-refractivity contribution is 5.93. The van der Waals surface area contributed by atoms with E-state index in [1.807, 2.05) is 0 Å². The molecule has 0 saturated carbocycles. The summed E-state index contributed by atoms with van der Waals surface area (Å²) in [7, 11) is 0. The summed E-state index contributed by atoms with van der Waals surface area (Å²) in [5, 5.41) is 95.6. The summed E-state index contributed by atoms with van der Waals surface area (Å²) >= 11 is 0. The van der Waals surface area contributed by atoms with Crippen molar-refractivity contribution >= 4 is 5.78 Å². The summed E-state index contributed by atoms with van der Waals surface area (Å²) in [5.74, 6) is -0.709. The molecule has 4 aliphatic heterocycles. The van der Waals surface area contributed by atoms with Crippen LogP contribution < -0.4 is 4.74 Å². The standard InChI is InChI=1S/C30H46O19/c1-8(31)23-13(6-7-41-23)46-30-26(49-28-20(38)18(36)15(33)10(3)43-28)21(39)24(12(5)45-30)47-29-22(40)25(16(34)11(4)44-29)48-27-19(37)17(35)14(32)9(2)42-27/h6-7,9-12,14-22,24-30,32-40H,1-5H3. The molecule has 4 aliphatic rings. The smallest absolute Gasteiger partial charge is 0.229 e. The van der Waals surface area contributed by atoms with Crippen molar-refractivity contribution in [2.75, 3.05) is 0 Å². The van der Waals surface area contributed by atoms with Gasteiger partial charge in [0, 0.05) is 13.0 Å². The fraction of sp³-hybridized carbons (Fsp3) is 0.833. The van der Waals surface area contributed by atoms with E-state index in [1.165, 1.54) is 46.9 Å². The van der Waals surface area contributed by atoms with Crippen LogP contribution in [-0.2, 0) is 33.2 Å². The van der Waals surface area contributed by atoms with Crippen LogP contribution in [0.25, 0.3) is 0 Å². The normalized spacial score (nSPS) is 49.4. The van der Waals surface area contributed by atoms with Gasteiger partial charge in [0.05, 0.1) is 30.7 Å². The zero-order valence-corrected chi connectivity index (χ0v) is 27.3. The van der Waals surface area contributed by atoms with Crippen molar-refractivity contribution < 1.29 is 93.1 Å². The van der Waals surface area contributed by atoms with Crippen LogP contribution in [0.5, 0.6) is 5.75 Å². The first-order valence-corrected chi connectivity index (χ1v) is 16.0. The van der Waals surface area contributed by atoms with Gasteiger partial charge in [-0.05, 0) is 27.7 Å². The van der Waals surface area contributed by atoms with Gasteiger partial charge in [0.15, 0.2) is 36.5 Å². The Bertz CT molecular complexity index is 1250. The van der Waals surface area contributed by atoms with E-state index in [9.17, 15) is 50.8 Å². The summed E-state index contributed by atoms with van der Waals surface area (Å²) in [6.07, 6.45) is -28.5. The van der Waals surface area contributed by atoms with Crippen LogP contribution >= 0.6 is 0 Å². The molecule has 9 N–H and O–H groups in total. The van der Waals surface area contributed by atoms with Crippen LogP contribution in [-0.4, -0.2) is 175 Å². The van der Waals surface area contributed by atoms with E-state index in [0.29, 0.717) is 0 Å². The maximum absolute atomic E-state index is 12.1. The van der Waals surface area contributed by atoms with Gasteiger partial charge in [0.2, 0.25) is 12.1 Å². The number of ketones is 1. The zero-order chi connectivity index (χ0) is 36.1. The molecule has 19 heteroatoms. The molecule has 0 spiro atoms. The lowest BCUT2D eigenvalue weighted by molar-refractivity contribution is -0.383. The monoisotopic (exact) mass is 710 g/mol. The molecule has 20 unspecified atom stereocenters. The van der Waals surface area contributed by atoms with Crippen molar-refractivity contribution in [3.8, 4) is 5.75 Å². The van der Waals surface area contributed by atoms with E-state index in [2.05, 4.69) is 0 Å². The Labute approximate surface area is 280 Å². The molecule has 20 atom stereocenters. The number of hydrogen-bond donors (Lipinski definition) is 9. The van der Waals surface area contributed by atoms with Crippen molar-refractivity contribution in [1.29, 1.82) is 0 Å². The Kier molecular flexibility index (Phi) is 12.0. The Balaban J connectivity index is 1.37. The fourth-order valence-electron chi connectivity index (χ4n) is 6.18. The van der Waals surface area contributed by atoms with E-state index in [0.717, 1.165) is 0 Å². The predicted molar refractivity (Wildman–Crippen MR) is 155 cm³/mol. The van der Waals surface area contributed by atoms with Gasteiger partial charge in [-0.25, -0.2) is 0 Å². The number of carbonyl (C=O) groups excluding carboxylic acids is 1. The van der Waals surface area contributed by atoms with Crippen LogP contribution in [0.2, 0.25) is 0 Å². The SMILES string of the molecule is CC(=O)c1occc1OC1OC(C)C(OC2OC(C)C(O)C(OC3OC(C)C(O)C(O)C3O)C2O)C(O)C1OC1OC(C)C(O)C(O)C1O. The Morgan fingerprint density at radius 2 is 0.980 bits per heavy atom. The van der Waals surface area contributed by atoms with Gasteiger partial charge in [-0.3, -0.25) is 4.79 Å². The van der Waals surface area contributed by atoms with Crippen LogP contribution in [0.15, 0.2) is 16.7 Å². The number of Topliss-reactive ketones (excluding diaryl/α,β-unsaturated/α-hetero) is 1. The summed E-state index contributed by atoms with van der Waals surface area (Å²) in [5.41, 5.74) is 0. The molecule has 1 aromatic rings. The van der Waals surface area contributed by atoms with Gasteiger partial charge in [0.25, 0.3) is 0 Å². The molecular formula is C30H46O19. The van der Waals surface area contributed by atoms with Crippen molar-refractivity contribution in [3.63, 3.8) is 0 Å². The second-order valence-corrected chi connectivity index (χ2v) is 12.8. The second-order valence-electron chi connectivity index (χ2n) is 12.8. The summed E-state index contributed by atoms with van der Waals surface area (Å²) < 4.78 is 51.4. The first kappa shape index (κ1) is 38.3. The second kappa shape index (κ2) is 15.4. The first-order valence-electron chi connectivity index (χ1n) is 16.0. The average Bonchev–Trinajstić information content (AvgIpc) is 3.52. The molecule has 19 nitrogen and oxygen atoms in total. The predicted octanol–water partition coefficient (Wildman–Crippen LogP) is -3.76. The molecular weight excluding hydrogens is 664 g/mol. The molecule has 0 bridgehead atoms. The van der Waals surface area contributed by atoms with Crippen LogP contribution in [0.4, 0.5) is 0 Å². The summed E-state index contributed by atoms with van der Waals surface area (Å²) in [6, 6.07) is 1.33. The summed E-state index contributed by atoms with van der Waals surface area (Å²) in [6.45, 7) is 7.01. The van der Waals surface area contributed by atoms with E-state index < -0.39 is 129 Å². The minimum atomic E-state index is -1.79. The van der Waals surface area contributed by atoms with Crippen LogP contribution in [0.3, 0.4) is 0 Å². The van der Waals surface area contributed by atoms with Crippen molar-refractivity contribution in [2.24, 2.45) is 0 Å². The van der Waals surface area contributed by atoms with Crippen molar-refractivity contribution in [1.82, 2.24) is 0 Å². The molecule has 4 saturated heterocycles. The Hall–Kier alpha value is -1.89. The van der Waals surface area contributed by atoms with Crippen molar-refractivity contribution in [2.45, 2.75) is 157 Å². The van der Waals surface area contributed by atoms with Gasteiger partial charge in [-0.1, -0.05) is 0 Å². The van der Waals surface area contributed by atoms with Gasteiger partial charge >= 0.3 is 0 Å². The number of furan rings is 1. The van der Waals surface area contributed by atoms with E-state index in [-0.39, 0.29) is 11.5 Å². The van der Waals surface area contributed by atoms with Gasteiger partial charge in [0.1, 0.15) is 67.1 Å². The number of carbonyl (C=O) groups is 1. The van der Waals surface area contributed by atoms with E-state index in [4.69, 9.17) is 42.3 Å². The fourth-order valence-corrected chi connectivity index (χ4v) is 6.18. The molecule has 280 valence electrons. The minimum absolute atomic E-state index is 0.0632. The van der Waals surface area contributed by atoms with Crippen LogP contribution in [0, 0.1) is 0 Å². The number of rotatable bonds is 9. The molecule has 5 heterocycles. The summed E-state index contributed by atoms with van der Waals surface area (Å²) in [4.78, 5) is 12.1. The number of ether oxygens (including phenoxy) is 8. The van der Waals surface area contributed by atoms with E-state index >= 15 is 0 Å². The van der Waals surface area contributed by atoms with Gasteiger partial charge < -0.3 is 88.3 Å². The molecule has 0 radical (unpaired) electrons. The number of aliphatic hydroxyl groups excluding tert-OH is 9. The van der Waals surface area contributed by atoms with Crippen molar-refractivity contribution in [3.05, 3.63) is 18.1 Å². The van der Waals surface area contributed by atoms with Gasteiger partial charge in [-0.2, -0.15) is 0 Å². The number of aliphatic hydroxyl groups is 9. The molecule has 0 amide bonds. The third-order valence-electron chi connectivity index (χ3n) is 9.22. The zero-order valence-electron chi connectivity index (χ0n) is 27.3. The largest absolute Gasteiger partial charge is 0.458 e. The number of hydrogen-bond acceptors (Lipinski definition) is 19. The molecule has 1 aromatic heterocycles. The maximum Gasteiger partial charge on any atom is 0.229 e. The highest BCUT2D eigenvalue weighted by atomic mass is 16.8. The maximum atomic E-state index is 12.1. The lowest BCUT2D eigenvalue weighted by Gasteiger charge is -2.49. The average molecular weight is 711 g/mol. The highest BCUT2D eigenvalue weighted by Gasteiger charge is 2.54. The minimum Gasteiger partial charge on any atom is -0.458 e. The Morgan fingerprint density at radius 1 is 0.531 bits per heavy atom. The quantitative estimate of drug-likeness (QED) is 0.111. The lowest BCUT2D eigenvalue weighted by Crippen LogP contribution is -2.66. The van der Waals surface area contributed by atoms with Gasteiger partial charge in [-0.15, -0.1) is 0 Å². The highest BCUT2D eigenvalue weighted by Crippen LogP contribution is 2.36. The lowest BCUT2D eigenvalue weighted by atomic mass is 9.96. The molecule has 4 fully saturated rings. The third kappa shape index (κ3) is 7.68. The Morgan fingerprint density at radius 3 is 1.51 bits per heavy atom. The molecule has 49 heavy (non-hydrogen) atoms. The molecule has 5 rings (SSSR count). The molecule has 0 aromatic carbocycles. The van der Waals surface area contributed by atoms with E-state index in [1.54, 1.807) is 0 Å².